The highest BCUT2D eigenvalue weighted by Gasteiger charge is 2.20. The van der Waals surface area contributed by atoms with Gasteiger partial charge in [0.1, 0.15) is 18.1 Å². The van der Waals surface area contributed by atoms with Crippen LogP contribution >= 0.6 is 11.3 Å². The van der Waals surface area contributed by atoms with Crippen molar-refractivity contribution in [1.29, 1.82) is 0 Å². The van der Waals surface area contributed by atoms with Crippen molar-refractivity contribution in [1.82, 2.24) is 15.0 Å². The molecule has 1 amide bonds. The van der Waals surface area contributed by atoms with Crippen LogP contribution in [0, 0.1) is 5.92 Å². The Kier molecular flexibility index (Phi) is 5.89. The molecule has 1 aromatic carbocycles. The Labute approximate surface area is 173 Å². The Morgan fingerprint density at radius 1 is 1.28 bits per heavy atom. The molecule has 1 aliphatic carbocycles. The molecule has 7 nitrogen and oxygen atoms in total. The Balaban J connectivity index is 1.41. The van der Waals surface area contributed by atoms with Crippen molar-refractivity contribution in [2.45, 2.75) is 51.7 Å². The smallest absolute Gasteiger partial charge is 0.268 e. The second-order valence-corrected chi connectivity index (χ2v) is 8.56. The maximum atomic E-state index is 11.2. The summed E-state index contributed by atoms with van der Waals surface area (Å²) in [5, 5.41) is 4.55. The Bertz CT molecular complexity index is 1000. The molecule has 1 unspecified atom stereocenters. The number of carbonyl (C=O) groups excluding carboxylic acids is 1. The van der Waals surface area contributed by atoms with Crippen LogP contribution in [0.2, 0.25) is 0 Å². The second kappa shape index (κ2) is 8.73. The van der Waals surface area contributed by atoms with Gasteiger partial charge in [-0.25, -0.2) is 9.97 Å². The molecule has 4 rings (SSSR count). The van der Waals surface area contributed by atoms with Crippen molar-refractivity contribution >= 4 is 32.6 Å². The number of hydrogen-bond donors (Lipinski definition) is 2. The van der Waals surface area contributed by atoms with E-state index in [-0.39, 0.29) is 12.3 Å². The Morgan fingerprint density at radius 3 is 2.90 bits per heavy atom. The van der Waals surface area contributed by atoms with E-state index in [1.165, 1.54) is 38.3 Å². The number of thiazole rings is 1. The lowest BCUT2D eigenvalue weighted by molar-refractivity contribution is 0.0994. The number of hydrogen-bond acceptors (Lipinski definition) is 7. The van der Waals surface area contributed by atoms with E-state index in [1.807, 2.05) is 18.2 Å². The van der Waals surface area contributed by atoms with Crippen molar-refractivity contribution in [3.8, 4) is 5.75 Å². The molecule has 1 saturated carbocycles. The number of aromatic nitrogens is 3. The van der Waals surface area contributed by atoms with Crippen LogP contribution < -0.4 is 15.8 Å². The van der Waals surface area contributed by atoms with Crippen molar-refractivity contribution < 1.29 is 9.53 Å². The van der Waals surface area contributed by atoms with Gasteiger partial charge in [-0.05, 0) is 43.9 Å². The normalized spacial score (nSPS) is 15.9. The number of primary amides is 1. The molecule has 0 aliphatic heterocycles. The molecule has 1 aliphatic rings. The number of ether oxygens (including phenoxy) is 1. The zero-order chi connectivity index (χ0) is 20.2. The summed E-state index contributed by atoms with van der Waals surface area (Å²) in [6.07, 6.45) is 9.55. The lowest BCUT2D eigenvalue weighted by Crippen LogP contribution is -2.27. The van der Waals surface area contributed by atoms with Crippen molar-refractivity contribution in [3.63, 3.8) is 0 Å². The highest BCUT2D eigenvalue weighted by molar-refractivity contribution is 7.22. The number of carbonyl (C=O) groups is 1. The monoisotopic (exact) mass is 411 g/mol. The topological polar surface area (TPSA) is 103 Å². The number of nitrogens with two attached hydrogens (primary N) is 1. The molecule has 3 aromatic rings. The summed E-state index contributed by atoms with van der Waals surface area (Å²) in [5.74, 6) is 0.846. The van der Waals surface area contributed by atoms with E-state index < -0.39 is 5.91 Å². The van der Waals surface area contributed by atoms with Gasteiger partial charge >= 0.3 is 0 Å². The number of amides is 1. The highest BCUT2D eigenvalue weighted by atomic mass is 32.1. The summed E-state index contributed by atoms with van der Waals surface area (Å²) >= 11 is 1.64. The van der Waals surface area contributed by atoms with E-state index >= 15 is 0 Å². The summed E-state index contributed by atoms with van der Waals surface area (Å²) in [7, 11) is 0. The van der Waals surface area contributed by atoms with E-state index in [9.17, 15) is 4.79 Å². The molecule has 152 valence electrons. The largest absolute Gasteiger partial charge is 0.487 e. The van der Waals surface area contributed by atoms with Gasteiger partial charge < -0.3 is 15.8 Å². The van der Waals surface area contributed by atoms with Crippen LogP contribution in [0.3, 0.4) is 0 Å². The molecule has 1 fully saturated rings. The number of nitrogens with zero attached hydrogens (tertiary/aromatic N) is 3. The third-order valence-corrected chi connectivity index (χ3v) is 6.34. The number of rotatable bonds is 7. The van der Waals surface area contributed by atoms with Crippen LogP contribution in [-0.2, 0) is 6.61 Å². The fourth-order valence-corrected chi connectivity index (χ4v) is 4.75. The van der Waals surface area contributed by atoms with Crippen molar-refractivity contribution in [2.75, 3.05) is 5.32 Å². The maximum Gasteiger partial charge on any atom is 0.268 e. The molecule has 0 spiro atoms. The molecule has 0 bridgehead atoms. The highest BCUT2D eigenvalue weighted by Crippen LogP contribution is 2.32. The van der Waals surface area contributed by atoms with Crippen LogP contribution in [0.1, 0.15) is 55.2 Å². The first-order chi connectivity index (χ1) is 14.1. The lowest BCUT2D eigenvalue weighted by atomic mass is 9.85. The van der Waals surface area contributed by atoms with E-state index in [0.717, 1.165) is 27.0 Å². The van der Waals surface area contributed by atoms with Gasteiger partial charge in [-0.15, -0.1) is 0 Å². The average Bonchev–Trinajstić information content (AvgIpc) is 3.14. The molecule has 3 N–H and O–H groups in total. The van der Waals surface area contributed by atoms with E-state index in [4.69, 9.17) is 15.5 Å². The van der Waals surface area contributed by atoms with Crippen molar-refractivity contribution in [2.24, 2.45) is 11.7 Å². The summed E-state index contributed by atoms with van der Waals surface area (Å²) in [6, 6.07) is 6.27. The van der Waals surface area contributed by atoms with Gasteiger partial charge in [0.25, 0.3) is 5.91 Å². The molecule has 2 heterocycles. The quantitative estimate of drug-likeness (QED) is 0.605. The average molecular weight is 412 g/mol. The number of anilines is 1. The van der Waals surface area contributed by atoms with Crippen LogP contribution in [-0.4, -0.2) is 26.9 Å². The molecular formula is C21H25N5O2S. The molecule has 1 atom stereocenters. The van der Waals surface area contributed by atoms with Gasteiger partial charge in [0.15, 0.2) is 5.13 Å². The Morgan fingerprint density at radius 2 is 2.10 bits per heavy atom. The molecule has 2 aromatic heterocycles. The number of benzene rings is 1. The van der Waals surface area contributed by atoms with E-state index in [1.54, 1.807) is 17.5 Å². The van der Waals surface area contributed by atoms with E-state index in [2.05, 4.69) is 22.2 Å². The van der Waals surface area contributed by atoms with Gasteiger partial charge in [0, 0.05) is 6.04 Å². The zero-order valence-electron chi connectivity index (χ0n) is 16.4. The van der Waals surface area contributed by atoms with Crippen molar-refractivity contribution in [3.05, 3.63) is 42.0 Å². The first kappa shape index (κ1) is 19.6. The number of nitrogens with one attached hydrogen (secondary N) is 1. The van der Waals surface area contributed by atoms with Crippen LogP contribution in [0.4, 0.5) is 5.13 Å². The summed E-state index contributed by atoms with van der Waals surface area (Å²) in [5.41, 5.74) is 6.88. The SMILES string of the molecule is CC(Nc1nc2ccc(OCc3cncc(C(N)=O)n3)cc2s1)C1CCCCC1. The minimum Gasteiger partial charge on any atom is -0.487 e. The molecule has 0 radical (unpaired) electrons. The summed E-state index contributed by atoms with van der Waals surface area (Å²) in [6.45, 7) is 2.47. The van der Waals surface area contributed by atoms with Gasteiger partial charge in [-0.3, -0.25) is 9.78 Å². The second-order valence-electron chi connectivity index (χ2n) is 7.53. The first-order valence-electron chi connectivity index (χ1n) is 9.99. The zero-order valence-corrected chi connectivity index (χ0v) is 17.2. The third-order valence-electron chi connectivity index (χ3n) is 5.39. The fourth-order valence-electron chi connectivity index (χ4n) is 3.76. The first-order valence-corrected chi connectivity index (χ1v) is 10.8. The maximum absolute atomic E-state index is 11.2. The molecular weight excluding hydrogens is 386 g/mol. The Hall–Kier alpha value is -2.74. The van der Waals surface area contributed by atoms with Gasteiger partial charge in [-0.2, -0.15) is 0 Å². The van der Waals surface area contributed by atoms with Gasteiger partial charge in [0.05, 0.1) is 28.3 Å². The van der Waals surface area contributed by atoms with Crippen LogP contribution in [0.25, 0.3) is 10.2 Å². The third kappa shape index (κ3) is 4.82. The lowest BCUT2D eigenvalue weighted by Gasteiger charge is -2.28. The summed E-state index contributed by atoms with van der Waals surface area (Å²) < 4.78 is 6.89. The number of fused-ring (bicyclic) bond motifs is 1. The predicted molar refractivity (Wildman–Crippen MR) is 114 cm³/mol. The van der Waals surface area contributed by atoms with E-state index in [0.29, 0.717) is 11.7 Å². The predicted octanol–water partition coefficient (Wildman–Crippen LogP) is 4.14. The molecule has 0 saturated heterocycles. The van der Waals surface area contributed by atoms with Crippen LogP contribution in [0.5, 0.6) is 5.75 Å². The van der Waals surface area contributed by atoms with Gasteiger partial charge in [0.2, 0.25) is 0 Å². The minimum atomic E-state index is -0.604. The van der Waals surface area contributed by atoms with Crippen LogP contribution in [0.15, 0.2) is 30.6 Å². The standard InChI is InChI=1S/C21H25N5O2S/c1-13(14-5-3-2-4-6-14)24-21-26-17-8-7-16(9-19(17)29-21)28-12-15-10-23-11-18(25-15)20(22)27/h7-11,13-14H,2-6,12H2,1H3,(H2,22,27)(H,24,26). The summed E-state index contributed by atoms with van der Waals surface area (Å²) in [4.78, 5) is 24.1. The minimum absolute atomic E-state index is 0.131. The van der Waals surface area contributed by atoms with Gasteiger partial charge in [-0.1, -0.05) is 30.6 Å². The fraction of sp³-hybridized carbons (Fsp3) is 0.429. The molecule has 29 heavy (non-hydrogen) atoms. The molecule has 8 heteroatoms.